The summed E-state index contributed by atoms with van der Waals surface area (Å²) in [6, 6.07) is 7.54. The number of anilines is 1. The maximum absolute atomic E-state index is 12.8. The number of sulfonamides is 1. The average Bonchev–Trinajstić information content (AvgIpc) is 2.60. The van der Waals surface area contributed by atoms with Gasteiger partial charge in [-0.15, -0.1) is 0 Å². The van der Waals surface area contributed by atoms with E-state index in [0.717, 1.165) is 12.3 Å². The molecule has 0 spiro atoms. The van der Waals surface area contributed by atoms with E-state index in [1.807, 2.05) is 0 Å². The fourth-order valence-electron chi connectivity index (χ4n) is 2.18. The number of rotatable bonds is 6. The van der Waals surface area contributed by atoms with Gasteiger partial charge in [0.2, 0.25) is 0 Å². The van der Waals surface area contributed by atoms with E-state index in [0.29, 0.717) is 5.75 Å². The minimum atomic E-state index is -4.28. The van der Waals surface area contributed by atoms with Crippen LogP contribution in [0.25, 0.3) is 0 Å². The molecule has 0 fully saturated rings. The lowest BCUT2D eigenvalue weighted by Gasteiger charge is -2.14. The molecule has 2 rings (SSSR count). The van der Waals surface area contributed by atoms with Gasteiger partial charge in [0.1, 0.15) is 10.6 Å². The Bertz CT molecular complexity index is 1100. The Kier molecular flexibility index (Phi) is 6.03. The van der Waals surface area contributed by atoms with Crippen LogP contribution < -0.4 is 14.8 Å². The first-order valence-electron chi connectivity index (χ1n) is 7.42. The summed E-state index contributed by atoms with van der Waals surface area (Å²) in [5.74, 6) is -0.184. The van der Waals surface area contributed by atoms with Crippen LogP contribution in [0, 0.1) is 0 Å². The van der Waals surface area contributed by atoms with Crippen molar-refractivity contribution in [3.05, 3.63) is 47.0 Å². The molecule has 2 aromatic carbocycles. The fourth-order valence-corrected chi connectivity index (χ4v) is 4.51. The summed E-state index contributed by atoms with van der Waals surface area (Å²) < 4.78 is 56.3. The van der Waals surface area contributed by atoms with Crippen LogP contribution in [0.2, 0.25) is 5.02 Å². The van der Waals surface area contributed by atoms with Crippen molar-refractivity contribution in [1.82, 2.24) is 5.32 Å². The van der Waals surface area contributed by atoms with Gasteiger partial charge >= 0.3 is 0 Å². The minimum absolute atomic E-state index is 0.0176. The van der Waals surface area contributed by atoms with Crippen LogP contribution >= 0.6 is 11.6 Å². The molecule has 0 radical (unpaired) electrons. The third-order valence-electron chi connectivity index (χ3n) is 3.56. The highest BCUT2D eigenvalue weighted by Crippen LogP contribution is 2.29. The third-order valence-corrected chi connectivity index (χ3v) is 6.52. The molecule has 2 aromatic rings. The summed E-state index contributed by atoms with van der Waals surface area (Å²) in [5.41, 5.74) is 0.00629. The highest BCUT2D eigenvalue weighted by Gasteiger charge is 2.23. The van der Waals surface area contributed by atoms with E-state index in [4.69, 9.17) is 16.3 Å². The Labute approximate surface area is 162 Å². The number of sulfone groups is 1. The van der Waals surface area contributed by atoms with Gasteiger partial charge < -0.3 is 10.1 Å². The van der Waals surface area contributed by atoms with Gasteiger partial charge in [-0.3, -0.25) is 9.52 Å². The second kappa shape index (κ2) is 7.75. The molecule has 146 valence electrons. The molecular formula is C16H17ClN2O6S2. The molecule has 0 aliphatic rings. The largest absolute Gasteiger partial charge is 0.497 e. The van der Waals surface area contributed by atoms with Gasteiger partial charge in [-0.2, -0.15) is 0 Å². The number of carbonyl (C=O) groups is 1. The molecule has 0 saturated heterocycles. The third kappa shape index (κ3) is 4.71. The van der Waals surface area contributed by atoms with E-state index in [1.54, 1.807) is 0 Å². The van der Waals surface area contributed by atoms with E-state index in [1.165, 1.54) is 44.5 Å². The van der Waals surface area contributed by atoms with Crippen molar-refractivity contribution in [2.45, 2.75) is 9.79 Å². The van der Waals surface area contributed by atoms with Crippen LogP contribution in [-0.2, 0) is 19.9 Å². The molecule has 27 heavy (non-hydrogen) atoms. The molecule has 0 bridgehead atoms. The number of methoxy groups -OCH3 is 1. The molecule has 0 atom stereocenters. The minimum Gasteiger partial charge on any atom is -0.497 e. The fraction of sp³-hybridized carbons (Fsp3) is 0.188. The van der Waals surface area contributed by atoms with E-state index in [2.05, 4.69) is 10.0 Å². The summed E-state index contributed by atoms with van der Waals surface area (Å²) in [7, 11) is -5.12. The second-order valence-corrected chi connectivity index (χ2v) is 9.53. The standard InChI is InChI=1S/C16H17ClN2O6S2/c1-18-16(20)12-8-10(25-2)4-7-14(12)19-27(23,24)15-9-11(26(3,21)22)5-6-13(15)17/h4-9,19H,1-3H3,(H,18,20). The second-order valence-electron chi connectivity index (χ2n) is 5.46. The molecule has 0 aromatic heterocycles. The van der Waals surface area contributed by atoms with E-state index in [-0.39, 0.29) is 21.2 Å². The predicted molar refractivity (Wildman–Crippen MR) is 102 cm³/mol. The van der Waals surface area contributed by atoms with Crippen molar-refractivity contribution in [1.29, 1.82) is 0 Å². The number of hydrogen-bond acceptors (Lipinski definition) is 6. The first kappa shape index (κ1) is 21.0. The highest BCUT2D eigenvalue weighted by molar-refractivity contribution is 7.93. The maximum Gasteiger partial charge on any atom is 0.263 e. The maximum atomic E-state index is 12.8. The van der Waals surface area contributed by atoms with Crippen molar-refractivity contribution >= 4 is 43.1 Å². The molecule has 0 aliphatic carbocycles. The molecule has 2 N–H and O–H groups in total. The predicted octanol–water partition coefficient (Wildman–Crippen LogP) is 1.91. The van der Waals surface area contributed by atoms with Crippen molar-refractivity contribution in [2.24, 2.45) is 0 Å². The summed E-state index contributed by atoms with van der Waals surface area (Å²) >= 11 is 5.96. The Balaban J connectivity index is 2.56. The number of amides is 1. The molecule has 0 heterocycles. The number of nitrogens with one attached hydrogen (secondary N) is 2. The van der Waals surface area contributed by atoms with Gasteiger partial charge in [0.05, 0.1) is 28.3 Å². The smallest absolute Gasteiger partial charge is 0.263 e. The SMILES string of the molecule is CNC(=O)c1cc(OC)ccc1NS(=O)(=O)c1cc(S(C)(=O)=O)ccc1Cl. The van der Waals surface area contributed by atoms with Crippen molar-refractivity contribution in [3.8, 4) is 5.75 Å². The number of benzene rings is 2. The van der Waals surface area contributed by atoms with Crippen molar-refractivity contribution in [2.75, 3.05) is 25.1 Å². The van der Waals surface area contributed by atoms with Crippen LogP contribution in [0.5, 0.6) is 5.75 Å². The van der Waals surface area contributed by atoms with E-state index in [9.17, 15) is 21.6 Å². The van der Waals surface area contributed by atoms with Crippen LogP contribution in [-0.4, -0.2) is 43.2 Å². The number of halogens is 1. The molecule has 1 amide bonds. The zero-order valence-corrected chi connectivity index (χ0v) is 17.0. The molecule has 11 heteroatoms. The van der Waals surface area contributed by atoms with E-state index < -0.39 is 30.7 Å². The molecule has 0 unspecified atom stereocenters. The topological polar surface area (TPSA) is 119 Å². The highest BCUT2D eigenvalue weighted by atomic mass is 35.5. The summed E-state index contributed by atoms with van der Waals surface area (Å²) in [6.45, 7) is 0. The van der Waals surface area contributed by atoms with Gasteiger partial charge in [0.15, 0.2) is 9.84 Å². The van der Waals surface area contributed by atoms with Crippen molar-refractivity contribution < 1.29 is 26.4 Å². The van der Waals surface area contributed by atoms with Crippen molar-refractivity contribution in [3.63, 3.8) is 0 Å². The zero-order valence-electron chi connectivity index (χ0n) is 14.6. The Morgan fingerprint density at radius 2 is 1.74 bits per heavy atom. The van der Waals surface area contributed by atoms with Gasteiger partial charge in [0.25, 0.3) is 15.9 Å². The quantitative estimate of drug-likeness (QED) is 0.719. The van der Waals surface area contributed by atoms with Crippen LogP contribution in [0.4, 0.5) is 5.69 Å². The molecule has 8 nitrogen and oxygen atoms in total. The lowest BCUT2D eigenvalue weighted by Crippen LogP contribution is -2.22. The monoisotopic (exact) mass is 432 g/mol. The Morgan fingerprint density at radius 3 is 2.30 bits per heavy atom. The zero-order chi connectivity index (χ0) is 20.4. The Hall–Kier alpha value is -2.30. The van der Waals surface area contributed by atoms with E-state index >= 15 is 0 Å². The van der Waals surface area contributed by atoms with Crippen LogP contribution in [0.3, 0.4) is 0 Å². The van der Waals surface area contributed by atoms with Gasteiger partial charge in [-0.05, 0) is 36.4 Å². The van der Waals surface area contributed by atoms with Crippen LogP contribution in [0.1, 0.15) is 10.4 Å². The first-order chi connectivity index (χ1) is 12.5. The molecule has 0 aliphatic heterocycles. The first-order valence-corrected chi connectivity index (χ1v) is 11.2. The van der Waals surface area contributed by atoms with Gasteiger partial charge in [-0.25, -0.2) is 16.8 Å². The number of carbonyl (C=O) groups excluding carboxylic acids is 1. The van der Waals surface area contributed by atoms with Crippen LogP contribution in [0.15, 0.2) is 46.2 Å². The lowest BCUT2D eigenvalue weighted by molar-refractivity contribution is 0.0963. The average molecular weight is 433 g/mol. The van der Waals surface area contributed by atoms with Gasteiger partial charge in [0, 0.05) is 13.3 Å². The normalized spacial score (nSPS) is 11.7. The van der Waals surface area contributed by atoms with Gasteiger partial charge in [-0.1, -0.05) is 11.6 Å². The summed E-state index contributed by atoms with van der Waals surface area (Å²) in [4.78, 5) is 11.4. The number of hydrogen-bond donors (Lipinski definition) is 2. The Morgan fingerprint density at radius 1 is 1.07 bits per heavy atom. The summed E-state index contributed by atoms with van der Waals surface area (Å²) in [6.07, 6.45) is 0.952. The lowest BCUT2D eigenvalue weighted by atomic mass is 10.1. The summed E-state index contributed by atoms with van der Waals surface area (Å²) in [5, 5.41) is 2.24. The molecular weight excluding hydrogens is 416 g/mol. The molecule has 0 saturated carbocycles. The number of ether oxygens (including phenoxy) is 1.